The number of ether oxygens (including phenoxy) is 1. The van der Waals surface area contributed by atoms with Crippen LogP contribution in [-0.2, 0) is 0 Å². The molecule has 0 saturated carbocycles. The molecule has 1 aromatic rings. The Morgan fingerprint density at radius 2 is 1.81 bits per heavy atom. The largest absolute Gasteiger partial charge is 0.494 e. The Bertz CT molecular complexity index is 431. The highest BCUT2D eigenvalue weighted by Gasteiger charge is 2.37. The van der Waals surface area contributed by atoms with Crippen LogP contribution in [0.2, 0.25) is 0 Å². The van der Waals surface area contributed by atoms with Gasteiger partial charge in [0.25, 0.3) is 0 Å². The number of rotatable bonds is 5. The fourth-order valence-corrected chi connectivity index (χ4v) is 3.97. The van der Waals surface area contributed by atoms with E-state index < -0.39 is 0 Å². The maximum Gasteiger partial charge on any atom is 0.119 e. The normalized spacial score (nSPS) is 28.5. The Hall–Kier alpha value is -1.22. The molecule has 0 spiro atoms. The number of benzene rings is 1. The summed E-state index contributed by atoms with van der Waals surface area (Å²) in [5, 5.41) is 3.49. The lowest BCUT2D eigenvalue weighted by molar-refractivity contribution is 0.252. The van der Waals surface area contributed by atoms with Crippen LogP contribution in [0.15, 0.2) is 24.3 Å². The van der Waals surface area contributed by atoms with Crippen LogP contribution in [0.5, 0.6) is 5.75 Å². The second kappa shape index (κ2) is 6.69. The first-order valence-corrected chi connectivity index (χ1v) is 8.50. The second-order valence-corrected chi connectivity index (χ2v) is 6.45. The third-order valence-corrected chi connectivity index (χ3v) is 4.99. The molecule has 2 aliphatic heterocycles. The van der Waals surface area contributed by atoms with E-state index in [-0.39, 0.29) is 0 Å². The molecule has 1 aromatic carbocycles. The summed E-state index contributed by atoms with van der Waals surface area (Å²) in [6.45, 7) is 2.94. The summed E-state index contributed by atoms with van der Waals surface area (Å²) in [5.74, 6) is 0.996. The summed E-state index contributed by atoms with van der Waals surface area (Å²) in [6, 6.07) is 10.9. The van der Waals surface area contributed by atoms with Crippen molar-refractivity contribution in [1.82, 2.24) is 5.32 Å². The standard InChI is InChI=1S/C18H28N2O/c1-3-11-21-18-9-7-15(8-10-18)20-16-5-4-6-17(20)13-14(12-16)19-2/h7-10,14,16-17,19H,3-6,11-13H2,1-2H3. The molecule has 1 N–H and O–H groups in total. The highest BCUT2D eigenvalue weighted by molar-refractivity contribution is 5.52. The van der Waals surface area contributed by atoms with Crippen LogP contribution in [0.25, 0.3) is 0 Å². The van der Waals surface area contributed by atoms with Gasteiger partial charge in [0.15, 0.2) is 0 Å². The molecule has 2 fully saturated rings. The molecule has 116 valence electrons. The summed E-state index contributed by atoms with van der Waals surface area (Å²) in [5.41, 5.74) is 1.38. The minimum atomic E-state index is 0.698. The second-order valence-electron chi connectivity index (χ2n) is 6.45. The number of piperidine rings is 2. The molecule has 0 radical (unpaired) electrons. The van der Waals surface area contributed by atoms with Gasteiger partial charge in [0.1, 0.15) is 5.75 Å². The van der Waals surface area contributed by atoms with Crippen LogP contribution in [0.3, 0.4) is 0 Å². The molecule has 0 aliphatic carbocycles. The van der Waals surface area contributed by atoms with Crippen LogP contribution in [0.4, 0.5) is 5.69 Å². The number of nitrogens with one attached hydrogen (secondary N) is 1. The summed E-state index contributed by atoms with van der Waals surface area (Å²) >= 11 is 0. The molecule has 0 amide bonds. The average Bonchev–Trinajstić information content (AvgIpc) is 2.52. The zero-order valence-corrected chi connectivity index (χ0v) is 13.3. The van der Waals surface area contributed by atoms with E-state index in [2.05, 4.69) is 48.5 Å². The first-order chi connectivity index (χ1) is 10.3. The van der Waals surface area contributed by atoms with Gasteiger partial charge in [0.2, 0.25) is 0 Å². The lowest BCUT2D eigenvalue weighted by atomic mass is 9.81. The number of fused-ring (bicyclic) bond motifs is 2. The molecule has 21 heavy (non-hydrogen) atoms. The van der Waals surface area contributed by atoms with Gasteiger partial charge in [-0.1, -0.05) is 6.92 Å². The number of anilines is 1. The molecule has 3 nitrogen and oxygen atoms in total. The van der Waals surface area contributed by atoms with Gasteiger partial charge < -0.3 is 15.0 Å². The Balaban J connectivity index is 1.73. The van der Waals surface area contributed by atoms with Gasteiger partial charge in [-0.25, -0.2) is 0 Å². The first kappa shape index (κ1) is 14.7. The molecule has 3 heteroatoms. The third kappa shape index (κ3) is 3.18. The SMILES string of the molecule is CCCOc1ccc(N2C3CCCC2CC(NC)C3)cc1. The fourth-order valence-electron chi connectivity index (χ4n) is 3.97. The molecular formula is C18H28N2O. The van der Waals surface area contributed by atoms with E-state index in [1.807, 2.05) is 0 Å². The van der Waals surface area contributed by atoms with Gasteiger partial charge in [-0.05, 0) is 69.8 Å². The van der Waals surface area contributed by atoms with E-state index in [1.165, 1.54) is 37.8 Å². The van der Waals surface area contributed by atoms with E-state index in [0.717, 1.165) is 18.8 Å². The molecule has 0 aromatic heterocycles. The molecule has 3 rings (SSSR count). The molecule has 2 heterocycles. The van der Waals surface area contributed by atoms with Gasteiger partial charge >= 0.3 is 0 Å². The van der Waals surface area contributed by atoms with Crippen molar-refractivity contribution in [2.24, 2.45) is 0 Å². The predicted molar refractivity (Wildman–Crippen MR) is 88.2 cm³/mol. The van der Waals surface area contributed by atoms with Crippen LogP contribution < -0.4 is 15.0 Å². The molecule has 2 bridgehead atoms. The smallest absolute Gasteiger partial charge is 0.119 e. The summed E-state index contributed by atoms with van der Waals surface area (Å²) in [4.78, 5) is 2.68. The van der Waals surface area contributed by atoms with Gasteiger partial charge in [-0.3, -0.25) is 0 Å². The lowest BCUT2D eigenvalue weighted by Crippen LogP contribution is -2.56. The fraction of sp³-hybridized carbons (Fsp3) is 0.667. The van der Waals surface area contributed by atoms with E-state index in [0.29, 0.717) is 18.1 Å². The highest BCUT2D eigenvalue weighted by Crippen LogP contribution is 2.38. The molecule has 2 saturated heterocycles. The van der Waals surface area contributed by atoms with Crippen LogP contribution >= 0.6 is 0 Å². The summed E-state index contributed by atoms with van der Waals surface area (Å²) in [6.07, 6.45) is 7.68. The van der Waals surface area contributed by atoms with Crippen LogP contribution in [0, 0.1) is 0 Å². The Morgan fingerprint density at radius 3 is 2.38 bits per heavy atom. The van der Waals surface area contributed by atoms with Crippen molar-refractivity contribution in [3.8, 4) is 5.75 Å². The monoisotopic (exact) mass is 288 g/mol. The van der Waals surface area contributed by atoms with Crippen LogP contribution in [-0.4, -0.2) is 31.8 Å². The van der Waals surface area contributed by atoms with Crippen LogP contribution in [0.1, 0.15) is 45.4 Å². The predicted octanol–water partition coefficient (Wildman–Crippen LogP) is 3.58. The van der Waals surface area contributed by atoms with E-state index in [9.17, 15) is 0 Å². The number of nitrogens with zero attached hydrogens (tertiary/aromatic N) is 1. The van der Waals surface area contributed by atoms with Gasteiger partial charge in [0.05, 0.1) is 6.61 Å². The zero-order chi connectivity index (χ0) is 14.7. The van der Waals surface area contributed by atoms with Gasteiger partial charge in [-0.15, -0.1) is 0 Å². The van der Waals surface area contributed by atoms with Crippen molar-refractivity contribution in [3.63, 3.8) is 0 Å². The lowest BCUT2D eigenvalue weighted by Gasteiger charge is -2.50. The topological polar surface area (TPSA) is 24.5 Å². The average molecular weight is 288 g/mol. The quantitative estimate of drug-likeness (QED) is 0.896. The molecule has 2 atom stereocenters. The van der Waals surface area contributed by atoms with Crippen molar-refractivity contribution in [2.45, 2.75) is 63.6 Å². The third-order valence-electron chi connectivity index (χ3n) is 4.99. The number of hydrogen-bond donors (Lipinski definition) is 1. The van der Waals surface area contributed by atoms with E-state index >= 15 is 0 Å². The zero-order valence-electron chi connectivity index (χ0n) is 13.3. The Labute approximate surface area is 128 Å². The van der Waals surface area contributed by atoms with Crippen molar-refractivity contribution < 1.29 is 4.74 Å². The minimum Gasteiger partial charge on any atom is -0.494 e. The first-order valence-electron chi connectivity index (χ1n) is 8.50. The van der Waals surface area contributed by atoms with Crippen molar-refractivity contribution in [2.75, 3.05) is 18.6 Å². The van der Waals surface area contributed by atoms with Crippen molar-refractivity contribution in [1.29, 1.82) is 0 Å². The van der Waals surface area contributed by atoms with E-state index in [1.54, 1.807) is 0 Å². The summed E-state index contributed by atoms with van der Waals surface area (Å²) < 4.78 is 5.70. The minimum absolute atomic E-state index is 0.698. The summed E-state index contributed by atoms with van der Waals surface area (Å²) in [7, 11) is 2.11. The Kier molecular flexibility index (Phi) is 4.69. The molecular weight excluding hydrogens is 260 g/mol. The van der Waals surface area contributed by atoms with E-state index in [4.69, 9.17) is 4.74 Å². The Morgan fingerprint density at radius 1 is 1.14 bits per heavy atom. The van der Waals surface area contributed by atoms with Crippen molar-refractivity contribution in [3.05, 3.63) is 24.3 Å². The van der Waals surface area contributed by atoms with Gasteiger partial charge in [-0.2, -0.15) is 0 Å². The molecule has 2 aliphatic rings. The van der Waals surface area contributed by atoms with Crippen molar-refractivity contribution >= 4 is 5.69 Å². The maximum absolute atomic E-state index is 5.70. The van der Waals surface area contributed by atoms with Gasteiger partial charge in [0, 0.05) is 23.8 Å². The maximum atomic E-state index is 5.70. The highest BCUT2D eigenvalue weighted by atomic mass is 16.5. The molecule has 2 unspecified atom stereocenters. The number of hydrogen-bond acceptors (Lipinski definition) is 3.